The first-order valence-electron chi connectivity index (χ1n) is 8.53. The predicted octanol–water partition coefficient (Wildman–Crippen LogP) is 4.19. The number of hydrogen-bond acceptors (Lipinski definition) is 2. The molecule has 1 saturated heterocycles. The van der Waals surface area contributed by atoms with Crippen LogP contribution in [0, 0.1) is 0 Å². The fourth-order valence-corrected chi connectivity index (χ4v) is 3.21. The molecule has 4 nitrogen and oxygen atoms in total. The van der Waals surface area contributed by atoms with Crippen LogP contribution in [-0.2, 0) is 0 Å². The number of likely N-dealkylation sites (N-methyl/N-ethyl adjacent to an activating group) is 1. The first kappa shape index (κ1) is 15.5. The van der Waals surface area contributed by atoms with Crippen molar-refractivity contribution in [3.05, 3.63) is 72.8 Å². The molecule has 126 valence electrons. The molecule has 1 aliphatic heterocycles. The van der Waals surface area contributed by atoms with Crippen LogP contribution >= 0.6 is 0 Å². The van der Waals surface area contributed by atoms with Gasteiger partial charge in [-0.25, -0.2) is 4.79 Å². The molecule has 25 heavy (non-hydrogen) atoms. The number of rotatable bonds is 3. The first-order chi connectivity index (χ1) is 12.2. The highest BCUT2D eigenvalue weighted by Crippen LogP contribution is 2.23. The van der Waals surface area contributed by atoms with Crippen LogP contribution in [0.2, 0.25) is 0 Å². The minimum Gasteiger partial charge on any atom is -0.368 e. The number of benzene rings is 3. The second-order valence-corrected chi connectivity index (χ2v) is 6.50. The lowest BCUT2D eigenvalue weighted by Gasteiger charge is -2.44. The number of para-hydroxylation sites is 1. The van der Waals surface area contributed by atoms with Crippen molar-refractivity contribution in [1.29, 1.82) is 0 Å². The van der Waals surface area contributed by atoms with Crippen molar-refractivity contribution < 1.29 is 4.79 Å². The summed E-state index contributed by atoms with van der Waals surface area (Å²) in [7, 11) is 2.08. The third-order valence-electron chi connectivity index (χ3n) is 4.86. The lowest BCUT2D eigenvalue weighted by Crippen LogP contribution is -2.61. The van der Waals surface area contributed by atoms with Crippen LogP contribution in [0.15, 0.2) is 72.8 Å². The van der Waals surface area contributed by atoms with Crippen molar-refractivity contribution >= 4 is 28.2 Å². The van der Waals surface area contributed by atoms with E-state index in [-0.39, 0.29) is 6.03 Å². The Balaban J connectivity index is 1.36. The smallest absolute Gasteiger partial charge is 0.321 e. The van der Waals surface area contributed by atoms with Gasteiger partial charge >= 0.3 is 6.03 Å². The maximum atomic E-state index is 12.4. The highest BCUT2D eigenvalue weighted by atomic mass is 16.2. The van der Waals surface area contributed by atoms with Gasteiger partial charge in [0.05, 0.1) is 6.04 Å². The molecule has 1 fully saturated rings. The highest BCUT2D eigenvalue weighted by Gasteiger charge is 2.33. The molecular weight excluding hydrogens is 310 g/mol. The molecule has 0 aliphatic carbocycles. The van der Waals surface area contributed by atoms with E-state index in [0.717, 1.165) is 24.2 Å². The monoisotopic (exact) mass is 331 g/mol. The van der Waals surface area contributed by atoms with Gasteiger partial charge in [0.2, 0.25) is 0 Å². The van der Waals surface area contributed by atoms with E-state index in [0.29, 0.717) is 6.04 Å². The van der Waals surface area contributed by atoms with E-state index in [1.165, 1.54) is 11.1 Å². The van der Waals surface area contributed by atoms with E-state index >= 15 is 0 Å². The summed E-state index contributed by atoms with van der Waals surface area (Å²) in [6.45, 7) is 1.48. The van der Waals surface area contributed by atoms with E-state index in [2.05, 4.69) is 41.5 Å². The molecule has 0 saturated carbocycles. The molecule has 3 aromatic carbocycles. The normalized spacial score (nSPS) is 14.2. The van der Waals surface area contributed by atoms with Crippen molar-refractivity contribution in [2.75, 3.05) is 30.4 Å². The molecule has 0 atom stereocenters. The Morgan fingerprint density at radius 3 is 2.40 bits per heavy atom. The van der Waals surface area contributed by atoms with Gasteiger partial charge in [-0.2, -0.15) is 0 Å². The number of fused-ring (bicyclic) bond motifs is 1. The summed E-state index contributed by atoms with van der Waals surface area (Å²) in [5, 5.41) is 5.31. The summed E-state index contributed by atoms with van der Waals surface area (Å²) < 4.78 is 0. The van der Waals surface area contributed by atoms with Gasteiger partial charge in [0.15, 0.2) is 0 Å². The van der Waals surface area contributed by atoms with Gasteiger partial charge in [-0.05, 0) is 35.0 Å². The number of likely N-dealkylation sites (tertiary alicyclic amines) is 1. The average Bonchev–Trinajstić information content (AvgIpc) is 2.61. The summed E-state index contributed by atoms with van der Waals surface area (Å²) in [5.74, 6) is 0. The number of amides is 2. The fourth-order valence-electron chi connectivity index (χ4n) is 3.21. The van der Waals surface area contributed by atoms with Crippen molar-refractivity contribution in [2.24, 2.45) is 0 Å². The van der Waals surface area contributed by atoms with Gasteiger partial charge in [0, 0.05) is 31.5 Å². The second kappa shape index (κ2) is 6.48. The van der Waals surface area contributed by atoms with E-state index in [9.17, 15) is 4.79 Å². The maximum absolute atomic E-state index is 12.4. The van der Waals surface area contributed by atoms with E-state index in [4.69, 9.17) is 0 Å². The molecule has 1 N–H and O–H groups in total. The number of nitrogens with one attached hydrogen (secondary N) is 1. The van der Waals surface area contributed by atoms with Gasteiger partial charge in [-0.1, -0.05) is 48.5 Å². The Bertz CT molecular complexity index is 888. The topological polar surface area (TPSA) is 35.6 Å². The largest absolute Gasteiger partial charge is 0.368 e. The van der Waals surface area contributed by atoms with Crippen LogP contribution in [0.1, 0.15) is 0 Å². The quantitative estimate of drug-likeness (QED) is 0.781. The molecule has 4 heteroatoms. The van der Waals surface area contributed by atoms with Crippen LogP contribution in [0.4, 0.5) is 16.2 Å². The Labute approximate surface area is 147 Å². The van der Waals surface area contributed by atoms with E-state index < -0.39 is 0 Å². The van der Waals surface area contributed by atoms with Crippen LogP contribution in [0.5, 0.6) is 0 Å². The third kappa shape index (κ3) is 3.15. The fraction of sp³-hybridized carbons (Fsp3) is 0.190. The van der Waals surface area contributed by atoms with Gasteiger partial charge in [-0.3, -0.25) is 0 Å². The Morgan fingerprint density at radius 1 is 0.960 bits per heavy atom. The second-order valence-electron chi connectivity index (χ2n) is 6.50. The Morgan fingerprint density at radius 2 is 1.64 bits per heavy atom. The Hall–Kier alpha value is -3.01. The van der Waals surface area contributed by atoms with Crippen molar-refractivity contribution in [3.8, 4) is 0 Å². The molecule has 4 rings (SSSR count). The van der Waals surface area contributed by atoms with Crippen LogP contribution in [0.3, 0.4) is 0 Å². The van der Waals surface area contributed by atoms with Crippen LogP contribution < -0.4 is 10.2 Å². The van der Waals surface area contributed by atoms with Crippen LogP contribution in [-0.4, -0.2) is 37.1 Å². The molecule has 2 amide bonds. The van der Waals surface area contributed by atoms with Gasteiger partial charge in [-0.15, -0.1) is 0 Å². The standard InChI is InChI=1S/C21H21N3O/c1-23(19-9-3-2-4-10-19)20-14-24(15-20)21(25)22-18-12-11-16-7-5-6-8-17(16)13-18/h2-13,20H,14-15H2,1H3,(H,22,25). The lowest BCUT2D eigenvalue weighted by atomic mass is 10.1. The highest BCUT2D eigenvalue weighted by molar-refractivity contribution is 5.94. The van der Waals surface area contributed by atoms with Crippen LogP contribution in [0.25, 0.3) is 10.8 Å². The van der Waals surface area contributed by atoms with Crippen molar-refractivity contribution in [2.45, 2.75) is 6.04 Å². The predicted molar refractivity (Wildman–Crippen MR) is 103 cm³/mol. The minimum atomic E-state index is -0.0343. The molecular formula is C21H21N3O. The molecule has 0 aromatic heterocycles. The van der Waals surface area contributed by atoms with E-state index in [1.807, 2.05) is 53.4 Å². The van der Waals surface area contributed by atoms with Gasteiger partial charge in [0.25, 0.3) is 0 Å². The number of anilines is 2. The summed E-state index contributed by atoms with van der Waals surface area (Å²) in [6.07, 6.45) is 0. The van der Waals surface area contributed by atoms with E-state index in [1.54, 1.807) is 0 Å². The number of nitrogens with zero attached hydrogens (tertiary/aromatic N) is 2. The Kier molecular flexibility index (Phi) is 4.02. The zero-order chi connectivity index (χ0) is 17.2. The average molecular weight is 331 g/mol. The zero-order valence-electron chi connectivity index (χ0n) is 14.2. The lowest BCUT2D eigenvalue weighted by molar-refractivity contribution is 0.163. The molecule has 3 aromatic rings. The zero-order valence-corrected chi connectivity index (χ0v) is 14.2. The van der Waals surface area contributed by atoms with Crippen molar-refractivity contribution in [3.63, 3.8) is 0 Å². The SMILES string of the molecule is CN(c1ccccc1)C1CN(C(=O)Nc2ccc3ccccc3c2)C1. The molecule has 0 unspecified atom stereocenters. The van der Waals surface area contributed by atoms with Gasteiger partial charge in [0.1, 0.15) is 0 Å². The number of carbonyl (C=O) groups is 1. The maximum Gasteiger partial charge on any atom is 0.321 e. The molecule has 1 aliphatic rings. The summed E-state index contributed by atoms with van der Waals surface area (Å²) in [6, 6.07) is 24.8. The third-order valence-corrected chi connectivity index (χ3v) is 4.86. The summed E-state index contributed by atoms with van der Waals surface area (Å²) in [5.41, 5.74) is 2.02. The number of carbonyl (C=O) groups excluding carboxylic acids is 1. The van der Waals surface area contributed by atoms with Crippen molar-refractivity contribution in [1.82, 2.24) is 4.90 Å². The van der Waals surface area contributed by atoms with Gasteiger partial charge < -0.3 is 15.1 Å². The minimum absolute atomic E-state index is 0.0343. The number of hydrogen-bond donors (Lipinski definition) is 1. The first-order valence-corrected chi connectivity index (χ1v) is 8.53. The summed E-state index contributed by atoms with van der Waals surface area (Å²) in [4.78, 5) is 16.5. The molecule has 0 bridgehead atoms. The molecule has 0 radical (unpaired) electrons. The molecule has 1 heterocycles. The molecule has 0 spiro atoms. The number of urea groups is 1. The summed E-state index contributed by atoms with van der Waals surface area (Å²) >= 11 is 0.